The molecule has 0 atom stereocenters. The molecular weight excluding hydrogens is 353 g/mol. The Morgan fingerprint density at radius 2 is 2.00 bits per heavy atom. The van der Waals surface area contributed by atoms with Gasteiger partial charge in [0.05, 0.1) is 12.9 Å². The van der Waals surface area contributed by atoms with E-state index in [9.17, 15) is 4.79 Å². The van der Waals surface area contributed by atoms with Crippen molar-refractivity contribution in [1.29, 1.82) is 0 Å². The van der Waals surface area contributed by atoms with Crippen LogP contribution in [0, 0.1) is 0 Å². The molecule has 0 aromatic carbocycles. The quantitative estimate of drug-likeness (QED) is 0.734. The van der Waals surface area contributed by atoms with E-state index in [1.54, 1.807) is 11.2 Å². The van der Waals surface area contributed by atoms with Gasteiger partial charge < -0.3 is 20.9 Å². The largest absolute Gasteiger partial charge is 0.352 e. The second-order valence-corrected chi connectivity index (χ2v) is 5.83. The first-order valence-electron chi connectivity index (χ1n) is 7.53. The summed E-state index contributed by atoms with van der Waals surface area (Å²) in [6.45, 7) is 0.244. The number of nitrogens with zero attached hydrogens (tertiary/aromatic N) is 4. The Morgan fingerprint density at radius 1 is 1.29 bits per heavy atom. The van der Waals surface area contributed by atoms with Crippen molar-refractivity contribution >= 4 is 47.7 Å². The molecule has 0 bridgehead atoms. The molecule has 2 heterocycles. The number of rotatable bonds is 4. The SMILES string of the molecule is CN(CC(=O)NC1CCC(N)CC1)c1ncnc2nc[nH]c12.Cl.Cl. The lowest BCUT2D eigenvalue weighted by Gasteiger charge is -2.27. The van der Waals surface area contributed by atoms with Crippen LogP contribution in [0.1, 0.15) is 25.7 Å². The van der Waals surface area contributed by atoms with E-state index in [-0.39, 0.29) is 49.3 Å². The van der Waals surface area contributed by atoms with Crippen molar-refractivity contribution in [1.82, 2.24) is 25.3 Å². The molecule has 2 aromatic rings. The molecule has 0 spiro atoms. The summed E-state index contributed by atoms with van der Waals surface area (Å²) in [5, 5.41) is 3.08. The lowest BCUT2D eigenvalue weighted by molar-refractivity contribution is -0.120. The van der Waals surface area contributed by atoms with Gasteiger partial charge in [0.25, 0.3) is 0 Å². The Bertz CT molecular complexity index is 657. The van der Waals surface area contributed by atoms with E-state index in [4.69, 9.17) is 5.73 Å². The molecule has 0 radical (unpaired) electrons. The molecule has 0 aliphatic heterocycles. The highest BCUT2D eigenvalue weighted by atomic mass is 35.5. The predicted octanol–water partition coefficient (Wildman–Crippen LogP) is 1.02. The van der Waals surface area contributed by atoms with E-state index < -0.39 is 0 Å². The molecule has 4 N–H and O–H groups in total. The number of nitrogens with one attached hydrogen (secondary N) is 2. The molecule has 1 amide bonds. The molecule has 24 heavy (non-hydrogen) atoms. The van der Waals surface area contributed by atoms with E-state index in [0.717, 1.165) is 31.2 Å². The van der Waals surface area contributed by atoms with E-state index in [0.29, 0.717) is 11.5 Å². The summed E-state index contributed by atoms with van der Waals surface area (Å²) in [5.74, 6) is 0.664. The van der Waals surface area contributed by atoms with Gasteiger partial charge in [-0.3, -0.25) is 4.79 Å². The minimum Gasteiger partial charge on any atom is -0.352 e. The maximum absolute atomic E-state index is 12.2. The molecule has 1 aliphatic rings. The number of aromatic amines is 1. The van der Waals surface area contributed by atoms with Gasteiger partial charge in [-0.15, -0.1) is 24.8 Å². The van der Waals surface area contributed by atoms with E-state index in [1.165, 1.54) is 6.33 Å². The molecular formula is C14H23Cl2N7O. The Labute approximate surface area is 152 Å². The molecule has 1 saturated carbocycles. The number of aromatic nitrogens is 4. The van der Waals surface area contributed by atoms with E-state index >= 15 is 0 Å². The van der Waals surface area contributed by atoms with Crippen molar-refractivity contribution in [2.45, 2.75) is 37.8 Å². The first kappa shape index (κ1) is 20.4. The first-order valence-corrected chi connectivity index (χ1v) is 7.53. The fourth-order valence-corrected chi connectivity index (χ4v) is 2.87. The van der Waals surface area contributed by atoms with Gasteiger partial charge in [-0.25, -0.2) is 15.0 Å². The van der Waals surface area contributed by atoms with Gasteiger partial charge in [0.2, 0.25) is 5.91 Å². The highest BCUT2D eigenvalue weighted by Crippen LogP contribution is 2.19. The number of hydrogen-bond donors (Lipinski definition) is 3. The molecule has 0 unspecified atom stereocenters. The predicted molar refractivity (Wildman–Crippen MR) is 97.8 cm³/mol. The molecule has 2 aromatic heterocycles. The minimum absolute atomic E-state index is 0. The zero-order valence-electron chi connectivity index (χ0n) is 13.4. The van der Waals surface area contributed by atoms with Crippen molar-refractivity contribution < 1.29 is 4.79 Å². The van der Waals surface area contributed by atoms with Gasteiger partial charge in [-0.2, -0.15) is 0 Å². The van der Waals surface area contributed by atoms with Crippen LogP contribution < -0.4 is 16.0 Å². The van der Waals surface area contributed by atoms with Crippen molar-refractivity contribution in [3.8, 4) is 0 Å². The van der Waals surface area contributed by atoms with Crippen LogP contribution in [0.2, 0.25) is 0 Å². The summed E-state index contributed by atoms with van der Waals surface area (Å²) in [4.78, 5) is 29.4. The van der Waals surface area contributed by atoms with Crippen LogP contribution in [0.15, 0.2) is 12.7 Å². The highest BCUT2D eigenvalue weighted by molar-refractivity contribution is 5.87. The van der Waals surface area contributed by atoms with Gasteiger partial charge >= 0.3 is 0 Å². The van der Waals surface area contributed by atoms with Crippen LogP contribution in [-0.4, -0.2) is 51.5 Å². The van der Waals surface area contributed by atoms with Crippen molar-refractivity contribution in [3.63, 3.8) is 0 Å². The number of halogens is 2. The molecule has 8 nitrogen and oxygen atoms in total. The number of carbonyl (C=O) groups is 1. The van der Waals surface area contributed by atoms with E-state index in [1.807, 2.05) is 7.05 Å². The number of likely N-dealkylation sites (N-methyl/N-ethyl adjacent to an activating group) is 1. The third-order valence-electron chi connectivity index (χ3n) is 4.08. The van der Waals surface area contributed by atoms with Crippen molar-refractivity contribution in [2.24, 2.45) is 5.73 Å². The zero-order chi connectivity index (χ0) is 15.5. The molecule has 10 heteroatoms. The maximum Gasteiger partial charge on any atom is 0.239 e. The Balaban J connectivity index is 0.00000144. The summed E-state index contributed by atoms with van der Waals surface area (Å²) in [7, 11) is 1.83. The summed E-state index contributed by atoms with van der Waals surface area (Å²) < 4.78 is 0. The fourth-order valence-electron chi connectivity index (χ4n) is 2.87. The van der Waals surface area contributed by atoms with Crippen LogP contribution in [0.3, 0.4) is 0 Å². The van der Waals surface area contributed by atoms with Gasteiger partial charge in [0.15, 0.2) is 11.5 Å². The molecule has 1 fully saturated rings. The van der Waals surface area contributed by atoms with Gasteiger partial charge in [-0.1, -0.05) is 0 Å². The zero-order valence-corrected chi connectivity index (χ0v) is 15.1. The van der Waals surface area contributed by atoms with Gasteiger partial charge in [-0.05, 0) is 25.7 Å². The average molecular weight is 376 g/mol. The fraction of sp³-hybridized carbons (Fsp3) is 0.571. The molecule has 0 saturated heterocycles. The smallest absolute Gasteiger partial charge is 0.239 e. The standard InChI is InChI=1S/C14H21N7O.2ClH/c1-21(14-12-13(17-7-16-12)18-8-19-14)6-11(22)20-10-4-2-9(15)3-5-10;;/h7-10H,2-6,15H2,1H3,(H,20,22)(H,16,17,18,19);2*1H. The second kappa shape index (κ2) is 9.00. The summed E-state index contributed by atoms with van der Waals surface area (Å²) in [5.41, 5.74) is 7.22. The molecule has 3 rings (SSSR count). The Morgan fingerprint density at radius 3 is 2.71 bits per heavy atom. The summed E-state index contributed by atoms with van der Waals surface area (Å²) in [6.07, 6.45) is 6.88. The highest BCUT2D eigenvalue weighted by Gasteiger charge is 2.21. The Kier molecular flexibility index (Phi) is 7.65. The summed E-state index contributed by atoms with van der Waals surface area (Å²) >= 11 is 0. The van der Waals surface area contributed by atoms with Crippen molar-refractivity contribution in [2.75, 3.05) is 18.5 Å². The molecule has 1 aliphatic carbocycles. The van der Waals surface area contributed by atoms with Crippen LogP contribution >= 0.6 is 24.8 Å². The lowest BCUT2D eigenvalue weighted by atomic mass is 9.92. The minimum atomic E-state index is -0.00533. The third kappa shape index (κ3) is 4.68. The number of amides is 1. The monoisotopic (exact) mass is 375 g/mol. The maximum atomic E-state index is 12.2. The van der Waals surface area contributed by atoms with E-state index in [2.05, 4.69) is 25.3 Å². The van der Waals surface area contributed by atoms with Crippen molar-refractivity contribution in [3.05, 3.63) is 12.7 Å². The number of imidazole rings is 1. The van der Waals surface area contributed by atoms with Crippen LogP contribution in [0.5, 0.6) is 0 Å². The van der Waals surface area contributed by atoms with Crippen LogP contribution in [0.25, 0.3) is 11.2 Å². The number of anilines is 1. The van der Waals surface area contributed by atoms with Crippen LogP contribution in [-0.2, 0) is 4.79 Å². The second-order valence-electron chi connectivity index (χ2n) is 5.83. The third-order valence-corrected chi connectivity index (χ3v) is 4.08. The van der Waals surface area contributed by atoms with Crippen LogP contribution in [0.4, 0.5) is 5.82 Å². The van der Waals surface area contributed by atoms with Gasteiger partial charge in [0, 0.05) is 19.1 Å². The first-order chi connectivity index (χ1) is 10.6. The number of H-pyrrole nitrogens is 1. The normalized spacial score (nSPS) is 19.9. The topological polar surface area (TPSA) is 113 Å². The van der Waals surface area contributed by atoms with Gasteiger partial charge in [0.1, 0.15) is 11.8 Å². The summed E-state index contributed by atoms with van der Waals surface area (Å²) in [6, 6.07) is 0.517. The number of hydrogen-bond acceptors (Lipinski definition) is 6. The lowest BCUT2D eigenvalue weighted by Crippen LogP contribution is -2.44. The Hall–Kier alpha value is -1.64. The number of carbonyl (C=O) groups excluding carboxylic acids is 1. The number of nitrogens with two attached hydrogens (primary N) is 1. The average Bonchev–Trinajstić information content (AvgIpc) is 2.97. The molecule has 134 valence electrons. The number of fused-ring (bicyclic) bond motifs is 1.